The summed E-state index contributed by atoms with van der Waals surface area (Å²) in [6.45, 7) is 6.01. The summed E-state index contributed by atoms with van der Waals surface area (Å²) in [5.74, 6) is 0.406. The Hall–Kier alpha value is -3.33. The number of amides is 3. The van der Waals surface area contributed by atoms with Crippen molar-refractivity contribution in [1.82, 2.24) is 10.2 Å². The number of anilines is 1. The molecule has 1 aliphatic rings. The SMILES string of the molecule is CCCCNC(=O)Nc1ccc(C)c(C(=O)N2CCC(c3ccc(C#N)cc3)CC2)c1. The molecule has 0 radical (unpaired) electrons. The third-order valence-electron chi connectivity index (χ3n) is 5.84. The molecule has 2 aromatic rings. The maximum absolute atomic E-state index is 13.2. The van der Waals surface area contributed by atoms with Gasteiger partial charge in [0.25, 0.3) is 5.91 Å². The zero-order chi connectivity index (χ0) is 22.2. The summed E-state index contributed by atoms with van der Waals surface area (Å²) in [6, 6.07) is 15.1. The molecule has 2 N–H and O–H groups in total. The number of nitrogens with one attached hydrogen (secondary N) is 2. The van der Waals surface area contributed by atoms with Crippen LogP contribution in [0.1, 0.15) is 65.6 Å². The largest absolute Gasteiger partial charge is 0.339 e. The van der Waals surface area contributed by atoms with Crippen molar-refractivity contribution in [1.29, 1.82) is 5.26 Å². The van der Waals surface area contributed by atoms with E-state index in [4.69, 9.17) is 5.26 Å². The Balaban J connectivity index is 1.61. The van der Waals surface area contributed by atoms with Crippen molar-refractivity contribution in [2.75, 3.05) is 25.0 Å². The average Bonchev–Trinajstić information content (AvgIpc) is 2.80. The number of carbonyl (C=O) groups is 2. The van der Waals surface area contributed by atoms with Crippen LogP contribution < -0.4 is 10.6 Å². The number of nitrogens with zero attached hydrogens (tertiary/aromatic N) is 2. The molecule has 0 saturated carbocycles. The van der Waals surface area contributed by atoms with E-state index >= 15 is 0 Å². The van der Waals surface area contributed by atoms with E-state index < -0.39 is 0 Å². The van der Waals surface area contributed by atoms with E-state index in [1.807, 2.05) is 48.2 Å². The van der Waals surface area contributed by atoms with Gasteiger partial charge in [-0.3, -0.25) is 4.79 Å². The second kappa shape index (κ2) is 10.6. The van der Waals surface area contributed by atoms with Gasteiger partial charge in [-0.25, -0.2) is 4.79 Å². The highest BCUT2D eigenvalue weighted by molar-refractivity contribution is 5.98. The van der Waals surface area contributed by atoms with E-state index in [0.29, 0.717) is 42.4 Å². The Morgan fingerprint density at radius 1 is 1.13 bits per heavy atom. The van der Waals surface area contributed by atoms with Gasteiger partial charge in [0.05, 0.1) is 11.6 Å². The Morgan fingerprint density at radius 2 is 1.84 bits per heavy atom. The molecule has 1 aliphatic heterocycles. The first kappa shape index (κ1) is 22.4. The van der Waals surface area contributed by atoms with Gasteiger partial charge < -0.3 is 15.5 Å². The van der Waals surface area contributed by atoms with E-state index in [0.717, 1.165) is 31.2 Å². The molecule has 31 heavy (non-hydrogen) atoms. The third-order valence-corrected chi connectivity index (χ3v) is 5.84. The lowest BCUT2D eigenvalue weighted by Gasteiger charge is -2.32. The van der Waals surface area contributed by atoms with Crippen LogP contribution in [0.15, 0.2) is 42.5 Å². The standard InChI is InChI=1S/C25H30N4O2/c1-3-4-13-27-25(31)28-22-10-5-18(2)23(16-22)24(30)29-14-11-21(12-15-29)20-8-6-19(17-26)7-9-20/h5-10,16,21H,3-4,11-15H2,1-2H3,(H2,27,28,31). The Kier molecular flexibility index (Phi) is 7.66. The average molecular weight is 419 g/mol. The maximum atomic E-state index is 13.2. The number of rotatable bonds is 6. The molecule has 0 spiro atoms. The maximum Gasteiger partial charge on any atom is 0.319 e. The van der Waals surface area contributed by atoms with E-state index in [9.17, 15) is 9.59 Å². The first-order valence-corrected chi connectivity index (χ1v) is 11.0. The molecule has 162 valence electrons. The second-order valence-corrected chi connectivity index (χ2v) is 8.06. The van der Waals surface area contributed by atoms with Gasteiger partial charge in [0, 0.05) is 30.9 Å². The molecule has 3 rings (SSSR count). The highest BCUT2D eigenvalue weighted by atomic mass is 16.2. The Labute approximate surface area is 184 Å². The van der Waals surface area contributed by atoms with Crippen molar-refractivity contribution < 1.29 is 9.59 Å². The smallest absolute Gasteiger partial charge is 0.319 e. The molecule has 3 amide bonds. The van der Waals surface area contributed by atoms with Crippen LogP contribution in [-0.2, 0) is 0 Å². The Morgan fingerprint density at radius 3 is 2.48 bits per heavy atom. The summed E-state index contributed by atoms with van der Waals surface area (Å²) in [4.78, 5) is 27.1. The monoisotopic (exact) mass is 418 g/mol. The molecule has 2 aromatic carbocycles. The molecular formula is C25H30N4O2. The minimum Gasteiger partial charge on any atom is -0.339 e. The fraction of sp³-hybridized carbons (Fsp3) is 0.400. The van der Waals surface area contributed by atoms with Crippen molar-refractivity contribution in [3.63, 3.8) is 0 Å². The molecule has 6 nitrogen and oxygen atoms in total. The summed E-state index contributed by atoms with van der Waals surface area (Å²) in [5.41, 5.74) is 4.04. The van der Waals surface area contributed by atoms with E-state index in [2.05, 4.69) is 23.6 Å². The molecule has 0 bridgehead atoms. The number of hydrogen-bond acceptors (Lipinski definition) is 3. The third kappa shape index (κ3) is 5.85. The molecule has 0 aromatic heterocycles. The fourth-order valence-corrected chi connectivity index (χ4v) is 3.90. The highest BCUT2D eigenvalue weighted by Crippen LogP contribution is 2.29. The van der Waals surface area contributed by atoms with Crippen LogP contribution in [0.3, 0.4) is 0 Å². The fourth-order valence-electron chi connectivity index (χ4n) is 3.90. The van der Waals surface area contributed by atoms with Crippen LogP contribution in [0.25, 0.3) is 0 Å². The van der Waals surface area contributed by atoms with Gasteiger partial charge in [-0.2, -0.15) is 5.26 Å². The summed E-state index contributed by atoms with van der Waals surface area (Å²) in [6.07, 6.45) is 3.75. The first-order chi connectivity index (χ1) is 15.0. The van der Waals surface area contributed by atoms with Crippen LogP contribution in [0, 0.1) is 18.3 Å². The summed E-state index contributed by atoms with van der Waals surface area (Å²) >= 11 is 0. The molecule has 6 heteroatoms. The molecule has 0 atom stereocenters. The minimum atomic E-state index is -0.251. The number of nitriles is 1. The van der Waals surface area contributed by atoms with Crippen molar-refractivity contribution >= 4 is 17.6 Å². The number of piperidine rings is 1. The number of hydrogen-bond donors (Lipinski definition) is 2. The zero-order valence-corrected chi connectivity index (χ0v) is 18.3. The predicted molar refractivity (Wildman–Crippen MR) is 122 cm³/mol. The lowest BCUT2D eigenvalue weighted by Crippen LogP contribution is -2.38. The number of likely N-dealkylation sites (tertiary alicyclic amines) is 1. The Bertz CT molecular complexity index is 954. The van der Waals surface area contributed by atoms with Crippen LogP contribution in [0.4, 0.5) is 10.5 Å². The summed E-state index contributed by atoms with van der Waals surface area (Å²) in [5, 5.41) is 14.6. The van der Waals surface area contributed by atoms with Gasteiger partial charge in [-0.1, -0.05) is 31.5 Å². The van der Waals surface area contributed by atoms with Crippen molar-refractivity contribution in [2.45, 2.75) is 45.4 Å². The summed E-state index contributed by atoms with van der Waals surface area (Å²) < 4.78 is 0. The predicted octanol–water partition coefficient (Wildman–Crippen LogP) is 4.81. The number of carbonyl (C=O) groups excluding carboxylic acids is 2. The number of benzene rings is 2. The lowest BCUT2D eigenvalue weighted by molar-refractivity contribution is 0.0712. The number of urea groups is 1. The second-order valence-electron chi connectivity index (χ2n) is 8.06. The van der Waals surface area contributed by atoms with Gasteiger partial charge >= 0.3 is 6.03 Å². The van der Waals surface area contributed by atoms with Crippen molar-refractivity contribution in [3.05, 3.63) is 64.7 Å². The quantitative estimate of drug-likeness (QED) is 0.660. The van der Waals surface area contributed by atoms with Gasteiger partial charge in [0.2, 0.25) is 0 Å². The van der Waals surface area contributed by atoms with Gasteiger partial charge in [-0.05, 0) is 67.5 Å². The van der Waals surface area contributed by atoms with Gasteiger partial charge in [-0.15, -0.1) is 0 Å². The van der Waals surface area contributed by atoms with Crippen LogP contribution in [0.5, 0.6) is 0 Å². The van der Waals surface area contributed by atoms with E-state index in [1.54, 1.807) is 6.07 Å². The zero-order valence-electron chi connectivity index (χ0n) is 18.3. The lowest BCUT2D eigenvalue weighted by atomic mass is 9.88. The van der Waals surface area contributed by atoms with Gasteiger partial charge in [0.15, 0.2) is 0 Å². The highest BCUT2D eigenvalue weighted by Gasteiger charge is 2.25. The van der Waals surface area contributed by atoms with Crippen LogP contribution in [0.2, 0.25) is 0 Å². The topological polar surface area (TPSA) is 85.2 Å². The van der Waals surface area contributed by atoms with Gasteiger partial charge in [0.1, 0.15) is 0 Å². The van der Waals surface area contributed by atoms with Crippen LogP contribution >= 0.6 is 0 Å². The van der Waals surface area contributed by atoms with E-state index in [-0.39, 0.29) is 11.9 Å². The van der Waals surface area contributed by atoms with Crippen LogP contribution in [-0.4, -0.2) is 36.5 Å². The van der Waals surface area contributed by atoms with Crippen molar-refractivity contribution in [2.24, 2.45) is 0 Å². The molecule has 0 unspecified atom stereocenters. The normalized spacial score (nSPS) is 14.0. The van der Waals surface area contributed by atoms with E-state index in [1.165, 1.54) is 5.56 Å². The molecule has 1 heterocycles. The first-order valence-electron chi connectivity index (χ1n) is 11.0. The van der Waals surface area contributed by atoms with Crippen molar-refractivity contribution in [3.8, 4) is 6.07 Å². The molecular weight excluding hydrogens is 388 g/mol. The number of unbranched alkanes of at least 4 members (excludes halogenated alkanes) is 1. The summed E-state index contributed by atoms with van der Waals surface area (Å²) in [7, 11) is 0. The molecule has 1 saturated heterocycles. The molecule has 0 aliphatic carbocycles. The minimum absolute atomic E-state index is 0.00539. The molecule has 1 fully saturated rings. The number of aryl methyl sites for hydroxylation is 1.